The first-order chi connectivity index (χ1) is 18.3. The van der Waals surface area contributed by atoms with Crippen LogP contribution in [0, 0.1) is 0 Å². The molecular weight excluding hydrogens is 488 g/mol. The molecule has 1 atom stereocenters. The Morgan fingerprint density at radius 1 is 0.846 bits per heavy atom. The van der Waals surface area contributed by atoms with E-state index >= 15 is 0 Å². The van der Waals surface area contributed by atoms with E-state index in [2.05, 4.69) is 64.3 Å². The number of urea groups is 1. The van der Waals surface area contributed by atoms with Gasteiger partial charge in [0.15, 0.2) is 6.04 Å². The van der Waals surface area contributed by atoms with Crippen LogP contribution in [0.15, 0.2) is 66.7 Å². The number of aryl methyl sites for hydroxylation is 2. The number of esters is 1. The molecule has 0 aliphatic rings. The lowest BCUT2D eigenvalue weighted by atomic mass is 9.78. The Kier molecular flexibility index (Phi) is 9.44. The largest absolute Gasteiger partial charge is 0.507 e. The number of hydrogen-bond acceptors (Lipinski definition) is 4. The summed E-state index contributed by atoms with van der Waals surface area (Å²) in [7, 11) is 0. The van der Waals surface area contributed by atoms with Crippen LogP contribution in [-0.2, 0) is 33.2 Å². The topological polar surface area (TPSA) is 87.7 Å². The van der Waals surface area contributed by atoms with E-state index in [4.69, 9.17) is 4.74 Å². The summed E-state index contributed by atoms with van der Waals surface area (Å²) >= 11 is 0. The Morgan fingerprint density at radius 3 is 1.97 bits per heavy atom. The maximum Gasteiger partial charge on any atom is 0.333 e. The summed E-state index contributed by atoms with van der Waals surface area (Å²) in [4.78, 5) is 25.6. The molecule has 0 heterocycles. The van der Waals surface area contributed by atoms with Crippen molar-refractivity contribution in [3.63, 3.8) is 0 Å². The number of carbonyl (C=O) groups excluding carboxylic acids is 2. The van der Waals surface area contributed by atoms with Crippen molar-refractivity contribution in [3.05, 3.63) is 94.5 Å². The first-order valence-corrected chi connectivity index (χ1v) is 13.5. The SMILES string of the molecule is CCOC(=O)[C@@H](NC(=O)Nc1ccccc1CCc1cc(C(C)(C)C)c(O)c(C(C)(C)C)c1)c1ccccc1. The number of para-hydroxylation sites is 1. The molecule has 3 aromatic carbocycles. The van der Waals surface area contributed by atoms with Crippen molar-refractivity contribution in [2.45, 2.75) is 78.2 Å². The summed E-state index contributed by atoms with van der Waals surface area (Å²) < 4.78 is 5.20. The van der Waals surface area contributed by atoms with Gasteiger partial charge in [-0.15, -0.1) is 0 Å². The van der Waals surface area contributed by atoms with E-state index in [-0.39, 0.29) is 17.4 Å². The zero-order valence-electron chi connectivity index (χ0n) is 24.2. The van der Waals surface area contributed by atoms with Crippen molar-refractivity contribution >= 4 is 17.7 Å². The lowest BCUT2D eigenvalue weighted by molar-refractivity contribution is -0.145. The zero-order chi connectivity index (χ0) is 28.8. The van der Waals surface area contributed by atoms with Crippen LogP contribution in [0.4, 0.5) is 10.5 Å². The first-order valence-electron chi connectivity index (χ1n) is 13.5. The Hall–Kier alpha value is -3.80. The van der Waals surface area contributed by atoms with E-state index in [1.54, 1.807) is 19.1 Å². The van der Waals surface area contributed by atoms with E-state index in [0.717, 1.165) is 28.7 Å². The Morgan fingerprint density at radius 2 is 1.41 bits per heavy atom. The fourth-order valence-electron chi connectivity index (χ4n) is 4.56. The summed E-state index contributed by atoms with van der Waals surface area (Å²) in [6, 6.07) is 19.5. The van der Waals surface area contributed by atoms with E-state index in [1.807, 2.05) is 42.5 Å². The summed E-state index contributed by atoms with van der Waals surface area (Å²) in [5.74, 6) is -0.143. The number of aromatic hydroxyl groups is 1. The molecule has 0 saturated heterocycles. The number of amides is 2. The quantitative estimate of drug-likeness (QED) is 0.269. The predicted molar refractivity (Wildman–Crippen MR) is 157 cm³/mol. The highest BCUT2D eigenvalue weighted by atomic mass is 16.5. The number of phenols is 1. The first kappa shape index (κ1) is 29.8. The number of nitrogens with one attached hydrogen (secondary N) is 2. The minimum absolute atomic E-state index is 0.203. The van der Waals surface area contributed by atoms with E-state index in [9.17, 15) is 14.7 Å². The number of anilines is 1. The van der Waals surface area contributed by atoms with Gasteiger partial charge in [-0.2, -0.15) is 0 Å². The number of phenolic OH excluding ortho intramolecular Hbond substituents is 1. The molecule has 6 nitrogen and oxygen atoms in total. The number of ether oxygens (including phenoxy) is 1. The van der Waals surface area contributed by atoms with Gasteiger partial charge in [0, 0.05) is 5.69 Å². The predicted octanol–water partition coefficient (Wildman–Crippen LogP) is 7.20. The van der Waals surface area contributed by atoms with E-state index < -0.39 is 18.0 Å². The number of rotatable bonds is 8. The van der Waals surface area contributed by atoms with E-state index in [1.165, 1.54) is 0 Å². The standard InChI is InChI=1S/C33H42N2O4/c1-8-39-30(37)28(24-15-10-9-11-16-24)35-31(38)34-27-17-13-12-14-23(27)19-18-22-20-25(32(2,3)4)29(36)26(21-22)33(5,6)7/h9-17,20-21,28,36H,8,18-19H2,1-7H3,(H2,34,35,38)/t28-/m0/s1. The molecule has 3 aromatic rings. The smallest absolute Gasteiger partial charge is 0.333 e. The summed E-state index contributed by atoms with van der Waals surface area (Å²) in [6.07, 6.45) is 1.43. The molecule has 0 aromatic heterocycles. The van der Waals surface area contributed by atoms with Crippen LogP contribution in [0.2, 0.25) is 0 Å². The Bertz CT molecular complexity index is 1250. The van der Waals surface area contributed by atoms with E-state index in [0.29, 0.717) is 23.4 Å². The number of carbonyl (C=O) groups is 2. The summed E-state index contributed by atoms with van der Waals surface area (Å²) in [5, 5.41) is 16.7. The Balaban J connectivity index is 1.81. The van der Waals surface area contributed by atoms with Crippen molar-refractivity contribution < 1.29 is 19.4 Å². The lowest BCUT2D eigenvalue weighted by Gasteiger charge is -2.28. The molecule has 3 rings (SSSR count). The zero-order valence-corrected chi connectivity index (χ0v) is 24.2. The molecular formula is C33H42N2O4. The normalized spacial score (nSPS) is 12.5. The van der Waals surface area contributed by atoms with Crippen LogP contribution in [-0.4, -0.2) is 23.7 Å². The van der Waals surface area contributed by atoms with Crippen LogP contribution < -0.4 is 10.6 Å². The second-order valence-electron chi connectivity index (χ2n) is 11.9. The van der Waals surface area contributed by atoms with Crippen molar-refractivity contribution in [3.8, 4) is 5.75 Å². The van der Waals surface area contributed by atoms with Gasteiger partial charge in [-0.1, -0.05) is 102 Å². The molecule has 0 unspecified atom stereocenters. The third-order valence-electron chi connectivity index (χ3n) is 6.66. The van der Waals surface area contributed by atoms with Crippen LogP contribution in [0.3, 0.4) is 0 Å². The highest BCUT2D eigenvalue weighted by Crippen LogP contribution is 2.40. The van der Waals surface area contributed by atoms with Gasteiger partial charge in [-0.3, -0.25) is 0 Å². The van der Waals surface area contributed by atoms with Crippen LogP contribution in [0.25, 0.3) is 0 Å². The maximum atomic E-state index is 13.0. The van der Waals surface area contributed by atoms with Crippen LogP contribution in [0.1, 0.15) is 82.3 Å². The lowest BCUT2D eigenvalue weighted by Crippen LogP contribution is -2.37. The average Bonchev–Trinajstić information content (AvgIpc) is 2.86. The molecule has 0 aliphatic heterocycles. The Labute approximate surface area is 232 Å². The molecule has 0 saturated carbocycles. The summed E-state index contributed by atoms with van der Waals surface area (Å²) in [6.45, 7) is 14.6. The summed E-state index contributed by atoms with van der Waals surface area (Å²) in [5.41, 5.74) is 4.89. The molecule has 0 bridgehead atoms. The second-order valence-corrected chi connectivity index (χ2v) is 11.9. The van der Waals surface area contributed by atoms with Crippen LogP contribution >= 0.6 is 0 Å². The molecule has 0 radical (unpaired) electrons. The van der Waals surface area contributed by atoms with Gasteiger partial charge in [0.2, 0.25) is 0 Å². The maximum absolute atomic E-state index is 13.0. The van der Waals surface area contributed by atoms with Gasteiger partial charge < -0.3 is 20.5 Å². The molecule has 0 spiro atoms. The van der Waals surface area contributed by atoms with Gasteiger partial charge in [-0.05, 0) is 64.5 Å². The number of benzene rings is 3. The third-order valence-corrected chi connectivity index (χ3v) is 6.66. The molecule has 3 N–H and O–H groups in total. The molecule has 208 valence electrons. The van der Waals surface area contributed by atoms with Gasteiger partial charge in [-0.25, -0.2) is 9.59 Å². The highest BCUT2D eigenvalue weighted by molar-refractivity contribution is 5.93. The highest BCUT2D eigenvalue weighted by Gasteiger charge is 2.27. The number of hydrogen-bond donors (Lipinski definition) is 3. The fourth-order valence-corrected chi connectivity index (χ4v) is 4.56. The van der Waals surface area contributed by atoms with Gasteiger partial charge in [0.05, 0.1) is 6.61 Å². The minimum atomic E-state index is -0.915. The van der Waals surface area contributed by atoms with Gasteiger partial charge in [0.25, 0.3) is 0 Å². The average molecular weight is 531 g/mol. The van der Waals surface area contributed by atoms with Crippen LogP contribution in [0.5, 0.6) is 5.75 Å². The molecule has 0 aliphatic carbocycles. The van der Waals surface area contributed by atoms with Gasteiger partial charge >= 0.3 is 12.0 Å². The second kappa shape index (κ2) is 12.4. The van der Waals surface area contributed by atoms with Crippen molar-refractivity contribution in [1.29, 1.82) is 0 Å². The van der Waals surface area contributed by atoms with Crippen molar-refractivity contribution in [1.82, 2.24) is 5.32 Å². The molecule has 39 heavy (non-hydrogen) atoms. The van der Waals surface area contributed by atoms with Gasteiger partial charge in [0.1, 0.15) is 5.75 Å². The molecule has 6 heteroatoms. The van der Waals surface area contributed by atoms with Crippen molar-refractivity contribution in [2.75, 3.05) is 11.9 Å². The fraction of sp³-hybridized carbons (Fsp3) is 0.394. The third kappa shape index (κ3) is 7.85. The van der Waals surface area contributed by atoms with Crippen molar-refractivity contribution in [2.24, 2.45) is 0 Å². The monoisotopic (exact) mass is 530 g/mol. The molecule has 2 amide bonds. The molecule has 0 fully saturated rings. The minimum Gasteiger partial charge on any atom is -0.507 e.